The zero-order valence-electron chi connectivity index (χ0n) is 22.1. The summed E-state index contributed by atoms with van der Waals surface area (Å²) in [6, 6.07) is 12.1. The zero-order valence-corrected chi connectivity index (χ0v) is 22.1. The first-order valence-corrected chi connectivity index (χ1v) is 12.9. The lowest BCUT2D eigenvalue weighted by Gasteiger charge is -2.42. The summed E-state index contributed by atoms with van der Waals surface area (Å²) in [5, 5.41) is 0. The molecule has 0 bridgehead atoms. The van der Waals surface area contributed by atoms with Crippen molar-refractivity contribution in [2.24, 2.45) is 17.9 Å². The number of hydrogen-bond acceptors (Lipinski definition) is 0. The molecular weight excluding hydrogens is 386 g/mol. The molecule has 0 aliphatic heterocycles. The van der Waals surface area contributed by atoms with E-state index in [1.807, 2.05) is 0 Å². The Morgan fingerprint density at radius 2 is 1.09 bits per heavy atom. The van der Waals surface area contributed by atoms with E-state index in [1.54, 1.807) is 0 Å². The molecule has 2 aromatic rings. The Morgan fingerprint density at radius 3 is 1.56 bits per heavy atom. The highest BCUT2D eigenvalue weighted by atomic mass is 14.9. The summed E-state index contributed by atoms with van der Waals surface area (Å²) >= 11 is 0. The molecular formula is C31H46N+. The molecule has 0 spiro atoms. The van der Waals surface area contributed by atoms with Gasteiger partial charge in [0.1, 0.15) is 7.05 Å². The van der Waals surface area contributed by atoms with Gasteiger partial charge in [-0.25, -0.2) is 4.57 Å². The van der Waals surface area contributed by atoms with Crippen molar-refractivity contribution in [2.45, 2.75) is 111 Å². The summed E-state index contributed by atoms with van der Waals surface area (Å²) in [6.45, 7) is 17.0. The molecule has 0 unspecified atom stereocenters. The van der Waals surface area contributed by atoms with Crippen LogP contribution in [0.3, 0.4) is 0 Å². The molecule has 1 aromatic heterocycles. The van der Waals surface area contributed by atoms with Crippen LogP contribution >= 0.6 is 0 Å². The van der Waals surface area contributed by atoms with Gasteiger partial charge in [-0.3, -0.25) is 0 Å². The molecule has 4 rings (SSSR count). The highest BCUT2D eigenvalue weighted by Gasteiger charge is 2.38. The topological polar surface area (TPSA) is 3.88 Å². The van der Waals surface area contributed by atoms with Gasteiger partial charge in [0.2, 0.25) is 5.69 Å². The molecule has 2 fully saturated rings. The van der Waals surface area contributed by atoms with E-state index < -0.39 is 0 Å². The average Bonchev–Trinajstić information content (AvgIpc) is 2.73. The van der Waals surface area contributed by atoms with E-state index in [-0.39, 0.29) is 0 Å². The Labute approximate surface area is 197 Å². The molecule has 2 aliphatic rings. The fourth-order valence-corrected chi connectivity index (χ4v) is 6.11. The fourth-order valence-electron chi connectivity index (χ4n) is 6.11. The lowest BCUT2D eigenvalue weighted by atomic mass is 9.63. The molecule has 0 N–H and O–H groups in total. The number of benzene rings is 1. The van der Waals surface area contributed by atoms with Crippen LogP contribution < -0.4 is 4.57 Å². The second kappa shape index (κ2) is 8.00. The standard InChI is InChI=1S/C31H46N/c1-23-21-24(30(6)17-13-28(2,3)14-18-30)9-11-26(23)27-12-10-25(22-32(27)8)31(7)19-15-29(4,5)16-20-31/h9-12,21-22H,13-20H2,1-8H3/q+1. The lowest BCUT2D eigenvalue weighted by Crippen LogP contribution is -2.37. The maximum Gasteiger partial charge on any atom is 0.212 e. The number of hydrogen-bond donors (Lipinski definition) is 0. The maximum absolute atomic E-state index is 2.48. The van der Waals surface area contributed by atoms with Crippen LogP contribution in [-0.2, 0) is 17.9 Å². The van der Waals surface area contributed by atoms with Crippen LogP contribution in [0.4, 0.5) is 0 Å². The Bertz CT molecular complexity index is 892. The monoisotopic (exact) mass is 432 g/mol. The van der Waals surface area contributed by atoms with Gasteiger partial charge in [-0.15, -0.1) is 0 Å². The Balaban J connectivity index is 1.58. The van der Waals surface area contributed by atoms with E-state index in [9.17, 15) is 0 Å². The Hall–Kier alpha value is -1.63. The Morgan fingerprint density at radius 1 is 0.625 bits per heavy atom. The van der Waals surface area contributed by atoms with Gasteiger partial charge in [0, 0.05) is 17.2 Å². The van der Waals surface area contributed by atoms with Crippen molar-refractivity contribution in [3.8, 4) is 11.3 Å². The third-order valence-electron chi connectivity index (χ3n) is 9.44. The minimum absolute atomic E-state index is 0.314. The smallest absolute Gasteiger partial charge is 0.201 e. The van der Waals surface area contributed by atoms with E-state index >= 15 is 0 Å². The molecule has 174 valence electrons. The number of rotatable bonds is 3. The highest BCUT2D eigenvalue weighted by molar-refractivity contribution is 5.62. The van der Waals surface area contributed by atoms with E-state index in [0.29, 0.717) is 21.7 Å². The molecule has 1 heterocycles. The molecule has 0 amide bonds. The largest absolute Gasteiger partial charge is 0.212 e. The SMILES string of the molecule is Cc1cc(C2(C)CCC(C)(C)CC2)ccc1-c1ccc(C2(C)CCC(C)(C)CC2)c[n+]1C. The summed E-state index contributed by atoms with van der Waals surface area (Å²) in [5.74, 6) is 0. The number of pyridine rings is 1. The van der Waals surface area contributed by atoms with Gasteiger partial charge in [-0.2, -0.15) is 0 Å². The molecule has 1 heteroatoms. The second-order valence-corrected chi connectivity index (χ2v) is 13.4. The quantitative estimate of drug-likeness (QED) is 0.430. The summed E-state index contributed by atoms with van der Waals surface area (Å²) < 4.78 is 2.37. The molecule has 2 saturated carbocycles. The predicted molar refractivity (Wildman–Crippen MR) is 137 cm³/mol. The highest BCUT2D eigenvalue weighted by Crippen LogP contribution is 2.48. The molecule has 0 atom stereocenters. The number of aryl methyl sites for hydroxylation is 2. The number of nitrogens with zero attached hydrogens (tertiary/aromatic N) is 1. The molecule has 32 heavy (non-hydrogen) atoms. The summed E-state index contributed by atoms with van der Waals surface area (Å²) in [6.07, 6.45) is 12.9. The van der Waals surface area contributed by atoms with E-state index in [1.165, 1.54) is 79.3 Å². The zero-order chi connectivity index (χ0) is 23.4. The van der Waals surface area contributed by atoms with Crippen molar-refractivity contribution in [3.63, 3.8) is 0 Å². The van der Waals surface area contributed by atoms with Gasteiger partial charge < -0.3 is 0 Å². The van der Waals surface area contributed by atoms with Crippen molar-refractivity contribution < 1.29 is 4.57 Å². The molecule has 2 aliphatic carbocycles. The van der Waals surface area contributed by atoms with Crippen LogP contribution in [0, 0.1) is 17.8 Å². The van der Waals surface area contributed by atoms with Gasteiger partial charge >= 0.3 is 0 Å². The minimum atomic E-state index is 0.314. The Kier molecular flexibility index (Phi) is 5.88. The normalized spacial score (nSPS) is 23.6. The van der Waals surface area contributed by atoms with Gasteiger partial charge in [0.25, 0.3) is 0 Å². The van der Waals surface area contributed by atoms with Crippen LogP contribution in [0.1, 0.15) is 110 Å². The van der Waals surface area contributed by atoms with Crippen molar-refractivity contribution in [1.82, 2.24) is 0 Å². The van der Waals surface area contributed by atoms with Crippen LogP contribution in [0.25, 0.3) is 11.3 Å². The van der Waals surface area contributed by atoms with Crippen molar-refractivity contribution >= 4 is 0 Å². The van der Waals surface area contributed by atoms with E-state index in [2.05, 4.69) is 96.6 Å². The van der Waals surface area contributed by atoms with Crippen LogP contribution in [0.5, 0.6) is 0 Å². The summed E-state index contributed by atoms with van der Waals surface area (Å²) in [4.78, 5) is 0. The third kappa shape index (κ3) is 4.55. The first-order chi connectivity index (χ1) is 14.8. The molecule has 0 saturated heterocycles. The summed E-state index contributed by atoms with van der Waals surface area (Å²) in [7, 11) is 2.23. The van der Waals surface area contributed by atoms with E-state index in [4.69, 9.17) is 0 Å². The molecule has 1 nitrogen and oxygen atoms in total. The third-order valence-corrected chi connectivity index (χ3v) is 9.44. The van der Waals surface area contributed by atoms with Gasteiger partial charge in [0.15, 0.2) is 6.20 Å². The van der Waals surface area contributed by atoms with Gasteiger partial charge in [-0.05, 0) is 103 Å². The summed E-state index contributed by atoms with van der Waals surface area (Å²) in [5.41, 5.74) is 8.80. The average molecular weight is 433 g/mol. The van der Waals surface area contributed by atoms with Crippen molar-refractivity contribution in [1.29, 1.82) is 0 Å². The predicted octanol–water partition coefficient (Wildman–Crippen LogP) is 8.20. The van der Waals surface area contributed by atoms with E-state index in [0.717, 1.165) is 0 Å². The lowest BCUT2D eigenvalue weighted by molar-refractivity contribution is -0.661. The van der Waals surface area contributed by atoms with Crippen molar-refractivity contribution in [3.05, 3.63) is 53.2 Å². The van der Waals surface area contributed by atoms with Gasteiger partial charge in [0.05, 0.1) is 0 Å². The van der Waals surface area contributed by atoms with Crippen LogP contribution in [-0.4, -0.2) is 0 Å². The second-order valence-electron chi connectivity index (χ2n) is 13.4. The maximum atomic E-state index is 2.48. The van der Waals surface area contributed by atoms with Crippen LogP contribution in [0.2, 0.25) is 0 Å². The van der Waals surface area contributed by atoms with Gasteiger partial charge in [-0.1, -0.05) is 53.7 Å². The molecule has 0 radical (unpaired) electrons. The fraction of sp³-hybridized carbons (Fsp3) is 0.645. The first kappa shape index (κ1) is 23.5. The van der Waals surface area contributed by atoms with Crippen LogP contribution in [0.15, 0.2) is 36.5 Å². The molecule has 1 aromatic carbocycles. The minimum Gasteiger partial charge on any atom is -0.201 e. The number of aromatic nitrogens is 1. The first-order valence-electron chi connectivity index (χ1n) is 12.9. The van der Waals surface area contributed by atoms with Crippen molar-refractivity contribution in [2.75, 3.05) is 0 Å².